The van der Waals surface area contributed by atoms with Gasteiger partial charge >= 0.3 is 12.1 Å². The van der Waals surface area contributed by atoms with Crippen molar-refractivity contribution in [2.24, 2.45) is 0 Å². The number of alkyl halides is 3. The van der Waals surface area contributed by atoms with E-state index in [2.05, 4.69) is 51.4 Å². The Hall–Kier alpha value is -4.60. The number of hydrogen-bond donors (Lipinski definition) is 4. The summed E-state index contributed by atoms with van der Waals surface area (Å²) in [5.41, 5.74) is 18.2. The highest BCUT2D eigenvalue weighted by molar-refractivity contribution is 6.15. The molecule has 2 aromatic heterocycles. The van der Waals surface area contributed by atoms with Crippen LogP contribution >= 0.6 is 0 Å². The summed E-state index contributed by atoms with van der Waals surface area (Å²) in [6, 6.07) is 22.8. The van der Waals surface area contributed by atoms with Gasteiger partial charge in [0.1, 0.15) is 5.82 Å². The number of carboxylic acid groups (broad SMARTS) is 1. The second kappa shape index (κ2) is 8.74. The molecular formula is C24H18F3N5O2. The smallest absolute Gasteiger partial charge is 0.475 e. The second-order valence-corrected chi connectivity index (χ2v) is 7.31. The van der Waals surface area contributed by atoms with Crippen molar-refractivity contribution < 1.29 is 23.1 Å². The molecule has 0 radical (unpaired) electrons. The van der Waals surface area contributed by atoms with Crippen LogP contribution in [0.5, 0.6) is 0 Å². The van der Waals surface area contributed by atoms with Crippen molar-refractivity contribution in [3.05, 3.63) is 72.9 Å². The van der Waals surface area contributed by atoms with Gasteiger partial charge in [-0.3, -0.25) is 4.98 Å². The van der Waals surface area contributed by atoms with Crippen LogP contribution in [-0.2, 0) is 4.79 Å². The highest BCUT2D eigenvalue weighted by atomic mass is 19.4. The van der Waals surface area contributed by atoms with Crippen molar-refractivity contribution in [3.8, 4) is 22.3 Å². The van der Waals surface area contributed by atoms with E-state index in [1.165, 1.54) is 11.1 Å². The van der Waals surface area contributed by atoms with Gasteiger partial charge in [0.05, 0.1) is 11.0 Å². The van der Waals surface area contributed by atoms with Gasteiger partial charge in [0.2, 0.25) is 0 Å². The zero-order valence-electron chi connectivity index (χ0n) is 17.5. The Balaban J connectivity index is 0.000000344. The molecule has 0 atom stereocenters. The minimum Gasteiger partial charge on any atom is -0.475 e. The lowest BCUT2D eigenvalue weighted by atomic mass is 9.97. The van der Waals surface area contributed by atoms with E-state index in [0.29, 0.717) is 11.8 Å². The highest BCUT2D eigenvalue weighted by Crippen LogP contribution is 2.36. The number of aromatic amines is 1. The number of fused-ring (bicyclic) bond motifs is 3. The molecule has 0 saturated heterocycles. The van der Waals surface area contributed by atoms with Crippen LogP contribution in [-0.4, -0.2) is 32.2 Å². The summed E-state index contributed by atoms with van der Waals surface area (Å²) in [5.74, 6) is -2.05. The van der Waals surface area contributed by atoms with Gasteiger partial charge < -0.3 is 21.6 Å². The number of nitrogens with zero attached hydrogens (tertiary/aromatic N) is 2. The maximum atomic E-state index is 10.6. The minimum atomic E-state index is -5.08. The molecule has 5 rings (SSSR count). The highest BCUT2D eigenvalue weighted by Gasteiger charge is 2.38. The molecule has 6 N–H and O–H groups in total. The van der Waals surface area contributed by atoms with Crippen LogP contribution < -0.4 is 11.5 Å². The third-order valence-corrected chi connectivity index (χ3v) is 5.09. The molecule has 7 nitrogen and oxygen atoms in total. The number of hydrogen-bond acceptors (Lipinski definition) is 5. The number of halogens is 3. The van der Waals surface area contributed by atoms with Crippen LogP contribution in [0.3, 0.4) is 0 Å². The van der Waals surface area contributed by atoms with E-state index in [-0.39, 0.29) is 0 Å². The van der Waals surface area contributed by atoms with E-state index in [0.717, 1.165) is 32.9 Å². The number of anilines is 2. The number of aliphatic carboxylic acids is 1. The van der Waals surface area contributed by atoms with E-state index in [1.807, 2.05) is 30.3 Å². The maximum Gasteiger partial charge on any atom is 0.490 e. The first kappa shape index (κ1) is 22.6. The predicted molar refractivity (Wildman–Crippen MR) is 125 cm³/mol. The fourth-order valence-corrected chi connectivity index (χ4v) is 3.60. The summed E-state index contributed by atoms with van der Waals surface area (Å²) < 4.78 is 31.7. The average Bonchev–Trinajstić information content (AvgIpc) is 3.28. The van der Waals surface area contributed by atoms with Crippen LogP contribution in [0.2, 0.25) is 0 Å². The van der Waals surface area contributed by atoms with Crippen LogP contribution in [0.4, 0.5) is 24.9 Å². The SMILES string of the molecule is Nc1nc(N)c2c(cc(-c3ccc(-c4ccccc4)cc3)c3nccc32)[nH]1.O=C(O)C(F)(F)F. The minimum absolute atomic E-state index is 0.296. The number of aromatic nitrogens is 3. The van der Waals surface area contributed by atoms with Gasteiger partial charge in [-0.25, -0.2) is 4.79 Å². The summed E-state index contributed by atoms with van der Waals surface area (Å²) in [7, 11) is 0. The molecule has 0 amide bonds. The van der Waals surface area contributed by atoms with E-state index in [4.69, 9.17) is 21.4 Å². The number of nitrogen functional groups attached to an aromatic ring is 2. The first-order chi connectivity index (χ1) is 16.1. The first-order valence-electron chi connectivity index (χ1n) is 9.93. The molecule has 0 saturated carbocycles. The Kier molecular flexibility index (Phi) is 5.80. The second-order valence-electron chi connectivity index (χ2n) is 7.31. The molecule has 3 aromatic carbocycles. The van der Waals surface area contributed by atoms with Crippen molar-refractivity contribution in [3.63, 3.8) is 0 Å². The maximum absolute atomic E-state index is 10.6. The van der Waals surface area contributed by atoms with Crippen LogP contribution in [0.1, 0.15) is 0 Å². The van der Waals surface area contributed by atoms with Gasteiger partial charge in [-0.1, -0.05) is 54.6 Å². The fourth-order valence-electron chi connectivity index (χ4n) is 3.60. The lowest BCUT2D eigenvalue weighted by Crippen LogP contribution is -2.21. The Bertz CT molecular complexity index is 1480. The lowest BCUT2D eigenvalue weighted by Gasteiger charge is -2.10. The number of carbonyl (C=O) groups is 1. The number of rotatable bonds is 2. The molecular weight excluding hydrogens is 447 g/mol. The van der Waals surface area contributed by atoms with Crippen LogP contribution in [0.15, 0.2) is 72.9 Å². The van der Waals surface area contributed by atoms with Crippen molar-refractivity contribution >= 4 is 39.5 Å². The van der Waals surface area contributed by atoms with Gasteiger partial charge in [0.25, 0.3) is 0 Å². The summed E-state index contributed by atoms with van der Waals surface area (Å²) in [5, 5.41) is 8.94. The van der Waals surface area contributed by atoms with Crippen LogP contribution in [0.25, 0.3) is 44.1 Å². The van der Waals surface area contributed by atoms with Crippen molar-refractivity contribution in [2.75, 3.05) is 11.5 Å². The third-order valence-electron chi connectivity index (χ3n) is 5.09. The zero-order valence-corrected chi connectivity index (χ0v) is 17.5. The quantitative estimate of drug-likeness (QED) is 0.282. The summed E-state index contributed by atoms with van der Waals surface area (Å²) in [6.07, 6.45) is -3.29. The fraction of sp³-hybridized carbons (Fsp3) is 0.0417. The molecule has 0 spiro atoms. The van der Waals surface area contributed by atoms with Gasteiger partial charge in [-0.15, -0.1) is 0 Å². The Morgan fingerprint density at radius 1 is 0.912 bits per heavy atom. The first-order valence-corrected chi connectivity index (χ1v) is 9.93. The van der Waals surface area contributed by atoms with Gasteiger partial charge in [0, 0.05) is 22.5 Å². The standard InChI is InChI=1S/C22H17N5.C2HF3O2/c23-21-19-16-10-11-25-20(16)17(12-18(19)26-22(24)27-21)15-8-6-14(7-9-15)13-4-2-1-3-5-13;3-2(4,5)1(6)7/h1-12H,23H2,(H3,24,26,27);(H,6,7). The van der Waals surface area contributed by atoms with Crippen LogP contribution in [0, 0.1) is 0 Å². The number of H-pyrrole nitrogens is 1. The third kappa shape index (κ3) is 4.46. The number of nitrogens with one attached hydrogen (secondary N) is 1. The molecule has 5 aromatic rings. The Morgan fingerprint density at radius 3 is 2.12 bits per heavy atom. The zero-order chi connectivity index (χ0) is 24.5. The normalized spacial score (nSPS) is 11.3. The summed E-state index contributed by atoms with van der Waals surface area (Å²) in [4.78, 5) is 20.7. The topological polar surface area (TPSA) is 131 Å². The summed E-state index contributed by atoms with van der Waals surface area (Å²) in [6.45, 7) is 0. The Labute approximate surface area is 190 Å². The molecule has 2 heterocycles. The van der Waals surface area contributed by atoms with Crippen molar-refractivity contribution in [2.45, 2.75) is 6.18 Å². The van der Waals surface area contributed by atoms with Gasteiger partial charge in [-0.05, 0) is 28.8 Å². The number of nitrogens with two attached hydrogens (primary N) is 2. The van der Waals surface area contributed by atoms with E-state index in [1.54, 1.807) is 6.20 Å². The predicted octanol–water partition coefficient (Wildman–Crippen LogP) is 5.24. The molecule has 0 aliphatic rings. The molecule has 0 aliphatic heterocycles. The largest absolute Gasteiger partial charge is 0.490 e. The molecule has 172 valence electrons. The van der Waals surface area contributed by atoms with Gasteiger partial charge in [-0.2, -0.15) is 18.2 Å². The molecule has 0 fully saturated rings. The van der Waals surface area contributed by atoms with Gasteiger partial charge in [0.15, 0.2) is 5.95 Å². The number of benzene rings is 3. The average molecular weight is 465 g/mol. The molecule has 10 heteroatoms. The van der Waals surface area contributed by atoms with Crippen molar-refractivity contribution in [1.29, 1.82) is 0 Å². The number of carboxylic acids is 1. The van der Waals surface area contributed by atoms with E-state index < -0.39 is 12.1 Å². The van der Waals surface area contributed by atoms with E-state index in [9.17, 15) is 13.2 Å². The van der Waals surface area contributed by atoms with E-state index >= 15 is 0 Å². The molecule has 0 bridgehead atoms. The lowest BCUT2D eigenvalue weighted by molar-refractivity contribution is -0.192. The monoisotopic (exact) mass is 465 g/mol. The Morgan fingerprint density at radius 2 is 1.50 bits per heavy atom. The molecule has 0 aliphatic carbocycles. The molecule has 0 unspecified atom stereocenters. The molecule has 34 heavy (non-hydrogen) atoms. The summed E-state index contributed by atoms with van der Waals surface area (Å²) >= 11 is 0. The van der Waals surface area contributed by atoms with Crippen molar-refractivity contribution in [1.82, 2.24) is 15.0 Å².